The largest absolute Gasteiger partial charge is 0.397 e. The summed E-state index contributed by atoms with van der Waals surface area (Å²) in [6, 6.07) is 1.93. The van der Waals surface area contributed by atoms with Gasteiger partial charge >= 0.3 is 0 Å². The van der Waals surface area contributed by atoms with E-state index in [9.17, 15) is 0 Å². The van der Waals surface area contributed by atoms with Crippen molar-refractivity contribution in [3.63, 3.8) is 0 Å². The van der Waals surface area contributed by atoms with E-state index < -0.39 is 0 Å². The Hall–Kier alpha value is -1.29. The summed E-state index contributed by atoms with van der Waals surface area (Å²) in [5.41, 5.74) is 7.44. The molecule has 94 valence electrons. The predicted molar refractivity (Wildman–Crippen MR) is 70.0 cm³/mol. The van der Waals surface area contributed by atoms with Crippen LogP contribution in [0.15, 0.2) is 12.3 Å². The minimum absolute atomic E-state index is 0.709. The number of ether oxygens (including phenoxy) is 1. The van der Waals surface area contributed by atoms with Crippen molar-refractivity contribution in [1.82, 2.24) is 4.98 Å². The standard InChI is InChI=1S/C13H21N3O/c1-10-7-12(14)8-16-13(10)15-5-2-6-17-9-11-3-4-11/h7-8,11H,2-6,9,14H2,1H3,(H,15,16). The summed E-state index contributed by atoms with van der Waals surface area (Å²) in [5.74, 6) is 1.77. The van der Waals surface area contributed by atoms with E-state index in [-0.39, 0.29) is 0 Å². The van der Waals surface area contributed by atoms with Crippen LogP contribution < -0.4 is 11.1 Å². The lowest BCUT2D eigenvalue weighted by Crippen LogP contribution is -2.09. The van der Waals surface area contributed by atoms with Gasteiger partial charge in [-0.1, -0.05) is 0 Å². The second-order valence-corrected chi connectivity index (χ2v) is 4.73. The molecular weight excluding hydrogens is 214 g/mol. The minimum Gasteiger partial charge on any atom is -0.397 e. The Labute approximate surface area is 103 Å². The second kappa shape index (κ2) is 5.87. The van der Waals surface area contributed by atoms with Crippen LogP contribution in [0.25, 0.3) is 0 Å². The average Bonchev–Trinajstić information content (AvgIpc) is 3.09. The van der Waals surface area contributed by atoms with Gasteiger partial charge in [-0.15, -0.1) is 0 Å². The van der Waals surface area contributed by atoms with Crippen molar-refractivity contribution < 1.29 is 4.74 Å². The highest BCUT2D eigenvalue weighted by Crippen LogP contribution is 2.28. The maximum atomic E-state index is 5.65. The zero-order valence-corrected chi connectivity index (χ0v) is 10.4. The molecule has 0 spiro atoms. The lowest BCUT2D eigenvalue weighted by atomic mass is 10.2. The van der Waals surface area contributed by atoms with E-state index in [4.69, 9.17) is 10.5 Å². The number of hydrogen-bond acceptors (Lipinski definition) is 4. The van der Waals surface area contributed by atoms with Gasteiger partial charge < -0.3 is 15.8 Å². The normalized spacial score (nSPS) is 14.9. The van der Waals surface area contributed by atoms with Crippen LogP contribution in [0, 0.1) is 12.8 Å². The molecule has 1 saturated carbocycles. The third-order valence-corrected chi connectivity index (χ3v) is 2.91. The van der Waals surface area contributed by atoms with E-state index in [0.717, 1.165) is 43.5 Å². The molecule has 0 saturated heterocycles. The van der Waals surface area contributed by atoms with Gasteiger partial charge in [0.1, 0.15) is 5.82 Å². The number of rotatable bonds is 7. The summed E-state index contributed by atoms with van der Waals surface area (Å²) < 4.78 is 5.56. The summed E-state index contributed by atoms with van der Waals surface area (Å²) in [5, 5.41) is 3.30. The molecule has 1 aromatic rings. The first kappa shape index (κ1) is 12.2. The first-order valence-corrected chi connectivity index (χ1v) is 6.29. The van der Waals surface area contributed by atoms with Crippen LogP contribution in [0.5, 0.6) is 0 Å². The molecule has 4 nitrogen and oxygen atoms in total. The Morgan fingerprint density at radius 1 is 1.53 bits per heavy atom. The van der Waals surface area contributed by atoms with Gasteiger partial charge in [-0.2, -0.15) is 0 Å². The molecule has 4 heteroatoms. The number of nitrogens with one attached hydrogen (secondary N) is 1. The molecule has 2 rings (SSSR count). The zero-order valence-electron chi connectivity index (χ0n) is 10.4. The molecule has 0 aliphatic heterocycles. The van der Waals surface area contributed by atoms with E-state index in [2.05, 4.69) is 10.3 Å². The number of nitrogens with zero attached hydrogens (tertiary/aromatic N) is 1. The molecule has 3 N–H and O–H groups in total. The maximum Gasteiger partial charge on any atom is 0.128 e. The topological polar surface area (TPSA) is 60.2 Å². The molecule has 0 amide bonds. The van der Waals surface area contributed by atoms with Crippen molar-refractivity contribution in [3.8, 4) is 0 Å². The first-order valence-electron chi connectivity index (χ1n) is 6.29. The van der Waals surface area contributed by atoms with Crippen molar-refractivity contribution in [1.29, 1.82) is 0 Å². The summed E-state index contributed by atoms with van der Waals surface area (Å²) >= 11 is 0. The number of nitrogens with two attached hydrogens (primary N) is 1. The SMILES string of the molecule is Cc1cc(N)cnc1NCCCOCC1CC1. The Kier molecular flexibility index (Phi) is 4.20. The minimum atomic E-state index is 0.709. The highest BCUT2D eigenvalue weighted by atomic mass is 16.5. The molecule has 1 aliphatic carbocycles. The van der Waals surface area contributed by atoms with Crippen molar-refractivity contribution in [2.45, 2.75) is 26.2 Å². The molecule has 0 atom stereocenters. The van der Waals surface area contributed by atoms with Gasteiger partial charge in [-0.3, -0.25) is 0 Å². The molecule has 1 heterocycles. The van der Waals surface area contributed by atoms with Gasteiger partial charge in [0, 0.05) is 19.8 Å². The van der Waals surface area contributed by atoms with Crippen LogP contribution in [-0.2, 0) is 4.74 Å². The van der Waals surface area contributed by atoms with Gasteiger partial charge in [0.2, 0.25) is 0 Å². The fraction of sp³-hybridized carbons (Fsp3) is 0.615. The van der Waals surface area contributed by atoms with Crippen LogP contribution >= 0.6 is 0 Å². The third kappa shape index (κ3) is 4.23. The lowest BCUT2D eigenvalue weighted by molar-refractivity contribution is 0.124. The quantitative estimate of drug-likeness (QED) is 0.711. The Morgan fingerprint density at radius 3 is 3.06 bits per heavy atom. The van der Waals surface area contributed by atoms with Gasteiger partial charge in [-0.05, 0) is 43.7 Å². The van der Waals surface area contributed by atoms with Crippen LogP contribution in [0.2, 0.25) is 0 Å². The van der Waals surface area contributed by atoms with E-state index in [1.807, 2.05) is 13.0 Å². The molecule has 0 unspecified atom stereocenters. The molecule has 1 fully saturated rings. The molecule has 1 aliphatic rings. The molecule has 0 aromatic carbocycles. The molecule has 17 heavy (non-hydrogen) atoms. The van der Waals surface area contributed by atoms with Crippen LogP contribution in [0.3, 0.4) is 0 Å². The lowest BCUT2D eigenvalue weighted by Gasteiger charge is -2.09. The van der Waals surface area contributed by atoms with Crippen LogP contribution in [0.4, 0.5) is 11.5 Å². The van der Waals surface area contributed by atoms with Crippen molar-refractivity contribution in [2.75, 3.05) is 30.8 Å². The summed E-state index contributed by atoms with van der Waals surface area (Å²) in [6.45, 7) is 4.67. The molecule has 0 bridgehead atoms. The Morgan fingerprint density at radius 2 is 2.35 bits per heavy atom. The highest BCUT2D eigenvalue weighted by Gasteiger charge is 2.20. The number of anilines is 2. The maximum absolute atomic E-state index is 5.65. The Bertz CT molecular complexity index is 364. The summed E-state index contributed by atoms with van der Waals surface area (Å²) in [7, 11) is 0. The van der Waals surface area contributed by atoms with Gasteiger partial charge in [0.15, 0.2) is 0 Å². The third-order valence-electron chi connectivity index (χ3n) is 2.91. The molecular formula is C13H21N3O. The fourth-order valence-electron chi connectivity index (χ4n) is 1.70. The van der Waals surface area contributed by atoms with Gasteiger partial charge in [0.25, 0.3) is 0 Å². The van der Waals surface area contributed by atoms with Crippen molar-refractivity contribution in [3.05, 3.63) is 17.8 Å². The average molecular weight is 235 g/mol. The first-order chi connectivity index (χ1) is 8.25. The van der Waals surface area contributed by atoms with E-state index in [1.165, 1.54) is 12.8 Å². The van der Waals surface area contributed by atoms with Crippen LogP contribution in [-0.4, -0.2) is 24.7 Å². The fourth-order valence-corrected chi connectivity index (χ4v) is 1.70. The van der Waals surface area contributed by atoms with E-state index in [0.29, 0.717) is 5.69 Å². The zero-order chi connectivity index (χ0) is 12.1. The van der Waals surface area contributed by atoms with E-state index in [1.54, 1.807) is 6.20 Å². The van der Waals surface area contributed by atoms with Gasteiger partial charge in [0.05, 0.1) is 11.9 Å². The highest BCUT2D eigenvalue weighted by molar-refractivity contribution is 5.50. The predicted octanol–water partition coefficient (Wildman–Crippen LogP) is 2.20. The monoisotopic (exact) mass is 235 g/mol. The second-order valence-electron chi connectivity index (χ2n) is 4.73. The molecule has 1 aromatic heterocycles. The van der Waals surface area contributed by atoms with Gasteiger partial charge in [-0.25, -0.2) is 4.98 Å². The van der Waals surface area contributed by atoms with Crippen LogP contribution in [0.1, 0.15) is 24.8 Å². The number of pyridine rings is 1. The van der Waals surface area contributed by atoms with Crippen molar-refractivity contribution in [2.24, 2.45) is 5.92 Å². The number of aromatic nitrogens is 1. The van der Waals surface area contributed by atoms with E-state index >= 15 is 0 Å². The molecule has 0 radical (unpaired) electrons. The van der Waals surface area contributed by atoms with Crippen molar-refractivity contribution >= 4 is 11.5 Å². The summed E-state index contributed by atoms with van der Waals surface area (Å²) in [6.07, 6.45) is 5.40. The summed E-state index contributed by atoms with van der Waals surface area (Å²) in [4.78, 5) is 4.26. The number of aryl methyl sites for hydroxylation is 1. The number of hydrogen-bond donors (Lipinski definition) is 2. The Balaban J connectivity index is 1.60. The smallest absolute Gasteiger partial charge is 0.128 e. The number of nitrogen functional groups attached to an aromatic ring is 1.